The second kappa shape index (κ2) is 5.36. The first-order valence-electron chi connectivity index (χ1n) is 2.93. The van der Waals surface area contributed by atoms with Gasteiger partial charge in [0.2, 0.25) is 0 Å². The van der Waals surface area contributed by atoms with Gasteiger partial charge in [0.25, 0.3) is 0 Å². The first-order chi connectivity index (χ1) is 5.14. The van der Waals surface area contributed by atoms with Crippen LogP contribution in [-0.2, 0) is 4.79 Å². The van der Waals surface area contributed by atoms with Crippen LogP contribution in [0.25, 0.3) is 0 Å². The van der Waals surface area contributed by atoms with Gasteiger partial charge in [-0.1, -0.05) is 5.21 Å². The summed E-state index contributed by atoms with van der Waals surface area (Å²) in [6, 6.07) is -0.731. The lowest BCUT2D eigenvalue weighted by molar-refractivity contribution is -0.138. The molecule has 0 fully saturated rings. The number of nitrogens with two attached hydrogens (primary N) is 1. The highest BCUT2D eigenvalue weighted by atomic mass is 16.4. The van der Waals surface area contributed by atoms with Gasteiger partial charge in [-0.25, -0.2) is 0 Å². The summed E-state index contributed by atoms with van der Waals surface area (Å²) in [6.45, 7) is 1.42. The molecule has 0 aliphatic heterocycles. The fraction of sp³-hybridized carbons (Fsp3) is 0.400. The highest BCUT2D eigenvalue weighted by Gasteiger charge is 1.99. The van der Waals surface area contributed by atoms with Crippen molar-refractivity contribution < 1.29 is 9.90 Å². The highest BCUT2D eigenvalue weighted by Crippen LogP contribution is 1.68. The minimum absolute atomic E-state index is 0.731. The third-order valence-corrected chi connectivity index (χ3v) is 0.721. The number of nitrogens with one attached hydrogen (secondary N) is 1. The van der Waals surface area contributed by atoms with Crippen molar-refractivity contribution >= 4 is 5.97 Å². The normalized spacial score (nSPS) is 11.1. The van der Waals surface area contributed by atoms with Crippen LogP contribution in [0.4, 0.5) is 0 Å². The molecule has 0 bridgehead atoms. The summed E-state index contributed by atoms with van der Waals surface area (Å²) >= 11 is 0. The van der Waals surface area contributed by atoms with Crippen LogP contribution < -0.4 is 5.73 Å². The van der Waals surface area contributed by atoms with Crippen LogP contribution in [0, 0.1) is 0 Å². The lowest BCUT2D eigenvalue weighted by Gasteiger charge is -1.90. The van der Waals surface area contributed by atoms with Gasteiger partial charge in [-0.2, -0.15) is 0 Å². The summed E-state index contributed by atoms with van der Waals surface area (Å²) in [5, 5.41) is 17.1. The van der Waals surface area contributed by atoms with Crippen LogP contribution in [0.5, 0.6) is 0 Å². The van der Waals surface area contributed by atoms with Crippen molar-refractivity contribution in [2.75, 3.05) is 0 Å². The van der Waals surface area contributed by atoms with E-state index >= 15 is 0 Å². The van der Waals surface area contributed by atoms with Crippen LogP contribution in [0.1, 0.15) is 6.92 Å². The number of carbonyl (C=O) groups is 1. The molecule has 0 aliphatic carbocycles. The van der Waals surface area contributed by atoms with Crippen LogP contribution in [0.15, 0.2) is 12.4 Å². The van der Waals surface area contributed by atoms with Crippen LogP contribution in [-0.4, -0.2) is 32.5 Å². The van der Waals surface area contributed by atoms with Crippen molar-refractivity contribution in [2.45, 2.75) is 13.0 Å². The van der Waals surface area contributed by atoms with Gasteiger partial charge in [-0.15, -0.1) is 5.10 Å². The zero-order valence-corrected chi connectivity index (χ0v) is 6.06. The maximum Gasteiger partial charge on any atom is 0.320 e. The fourth-order valence-corrected chi connectivity index (χ4v) is 0.167. The summed E-state index contributed by atoms with van der Waals surface area (Å²) < 4.78 is 0. The number of aromatic nitrogens is 3. The van der Waals surface area contributed by atoms with E-state index in [2.05, 4.69) is 15.4 Å². The minimum atomic E-state index is -0.963. The molecule has 6 nitrogen and oxygen atoms in total. The molecule has 0 saturated heterocycles. The molecular weight excluding hydrogens is 148 g/mol. The molecule has 6 heteroatoms. The number of nitrogens with zero attached hydrogens (tertiary/aromatic N) is 2. The van der Waals surface area contributed by atoms with E-state index in [0.29, 0.717) is 0 Å². The summed E-state index contributed by atoms with van der Waals surface area (Å²) in [5.74, 6) is -0.963. The van der Waals surface area contributed by atoms with Gasteiger partial charge >= 0.3 is 5.97 Å². The first kappa shape index (κ1) is 9.57. The van der Waals surface area contributed by atoms with E-state index in [4.69, 9.17) is 10.8 Å². The van der Waals surface area contributed by atoms with E-state index < -0.39 is 12.0 Å². The van der Waals surface area contributed by atoms with Crippen molar-refractivity contribution in [3.63, 3.8) is 0 Å². The largest absolute Gasteiger partial charge is 0.480 e. The van der Waals surface area contributed by atoms with Crippen molar-refractivity contribution in [3.8, 4) is 0 Å². The monoisotopic (exact) mass is 158 g/mol. The molecule has 0 spiro atoms. The van der Waals surface area contributed by atoms with Crippen LogP contribution in [0.3, 0.4) is 0 Å². The molecule has 1 aromatic heterocycles. The maximum absolute atomic E-state index is 9.57. The van der Waals surface area contributed by atoms with E-state index in [9.17, 15) is 4.79 Å². The van der Waals surface area contributed by atoms with Crippen molar-refractivity contribution in [3.05, 3.63) is 12.4 Å². The molecule has 1 heterocycles. The number of hydrogen-bond donors (Lipinski definition) is 3. The molecule has 1 unspecified atom stereocenters. The lowest BCUT2D eigenvalue weighted by atomic mass is 10.4. The average molecular weight is 158 g/mol. The van der Waals surface area contributed by atoms with Crippen molar-refractivity contribution in [2.24, 2.45) is 5.73 Å². The van der Waals surface area contributed by atoms with Gasteiger partial charge < -0.3 is 10.8 Å². The quantitative estimate of drug-likeness (QED) is 0.497. The van der Waals surface area contributed by atoms with Gasteiger partial charge in [0.15, 0.2) is 0 Å². The Morgan fingerprint density at radius 1 is 1.82 bits per heavy atom. The summed E-state index contributed by atoms with van der Waals surface area (Å²) in [6.07, 6.45) is 3.24. The predicted octanol–water partition coefficient (Wildman–Crippen LogP) is -0.777. The number of aromatic amines is 1. The van der Waals surface area contributed by atoms with Crippen molar-refractivity contribution in [1.29, 1.82) is 0 Å². The zero-order valence-electron chi connectivity index (χ0n) is 6.06. The van der Waals surface area contributed by atoms with Crippen LogP contribution in [0.2, 0.25) is 0 Å². The SMILES string of the molecule is CC(N)C(=O)O.c1c[nH]nn1. The summed E-state index contributed by atoms with van der Waals surface area (Å²) in [5.41, 5.74) is 4.84. The molecule has 0 amide bonds. The van der Waals surface area contributed by atoms with E-state index in [1.54, 1.807) is 12.4 Å². The fourth-order valence-electron chi connectivity index (χ4n) is 0.167. The Balaban J connectivity index is 0.000000183. The molecule has 0 aromatic carbocycles. The molecule has 11 heavy (non-hydrogen) atoms. The summed E-state index contributed by atoms with van der Waals surface area (Å²) in [7, 11) is 0. The van der Waals surface area contributed by atoms with Gasteiger partial charge in [0.05, 0.1) is 6.20 Å². The zero-order chi connectivity index (χ0) is 8.69. The third kappa shape index (κ3) is 6.46. The molecule has 0 radical (unpaired) electrons. The number of rotatable bonds is 1. The summed E-state index contributed by atoms with van der Waals surface area (Å²) in [4.78, 5) is 9.57. The number of carboxylic acid groups (broad SMARTS) is 1. The molecule has 1 aromatic rings. The average Bonchev–Trinajstić information content (AvgIpc) is 2.41. The van der Waals surface area contributed by atoms with E-state index in [-0.39, 0.29) is 0 Å². The molecule has 1 atom stereocenters. The van der Waals surface area contributed by atoms with Gasteiger partial charge in [-0.3, -0.25) is 9.89 Å². The smallest absolute Gasteiger partial charge is 0.320 e. The molecule has 0 aliphatic rings. The third-order valence-electron chi connectivity index (χ3n) is 0.721. The number of hydrogen-bond acceptors (Lipinski definition) is 4. The van der Waals surface area contributed by atoms with Crippen LogP contribution >= 0.6 is 0 Å². The second-order valence-corrected chi connectivity index (χ2v) is 1.79. The maximum atomic E-state index is 9.57. The Morgan fingerprint density at radius 2 is 2.36 bits per heavy atom. The standard InChI is InChI=1S/C3H7NO2.C2H3N3/c1-2(4)3(5)6;1-2-4-5-3-1/h2H,4H2,1H3,(H,5,6);1-2H,(H,3,4,5). The van der Waals surface area contributed by atoms with E-state index in [1.807, 2.05) is 0 Å². The topological polar surface area (TPSA) is 105 Å². The van der Waals surface area contributed by atoms with Crippen molar-refractivity contribution in [1.82, 2.24) is 15.4 Å². The molecule has 4 N–H and O–H groups in total. The Kier molecular flexibility index (Phi) is 4.67. The second-order valence-electron chi connectivity index (χ2n) is 1.79. The Bertz CT molecular complexity index is 167. The van der Waals surface area contributed by atoms with E-state index in [0.717, 1.165) is 0 Å². The molecular formula is C5H10N4O2. The Morgan fingerprint density at radius 3 is 2.45 bits per heavy atom. The Labute approximate surface area is 63.4 Å². The predicted molar refractivity (Wildman–Crippen MR) is 37.7 cm³/mol. The van der Waals surface area contributed by atoms with Gasteiger partial charge in [0, 0.05) is 6.20 Å². The highest BCUT2D eigenvalue weighted by molar-refractivity contribution is 5.72. The Hall–Kier alpha value is -1.43. The number of H-pyrrole nitrogens is 1. The molecule has 0 saturated carbocycles. The number of aliphatic carboxylic acids is 1. The number of carboxylic acids is 1. The van der Waals surface area contributed by atoms with E-state index in [1.165, 1.54) is 6.92 Å². The first-order valence-corrected chi connectivity index (χ1v) is 2.93. The lowest BCUT2D eigenvalue weighted by Crippen LogP contribution is -2.25. The van der Waals surface area contributed by atoms with Gasteiger partial charge in [0.1, 0.15) is 6.04 Å². The minimum Gasteiger partial charge on any atom is -0.480 e. The molecule has 1 rings (SSSR count). The van der Waals surface area contributed by atoms with Gasteiger partial charge in [-0.05, 0) is 6.92 Å². The molecule has 62 valence electrons.